The maximum absolute atomic E-state index is 11.1. The number of aliphatic hydroxyl groups is 2. The lowest BCUT2D eigenvalue weighted by Gasteiger charge is -2.10. The van der Waals surface area contributed by atoms with E-state index in [0.717, 1.165) is 19.3 Å². The second kappa shape index (κ2) is 14.4. The van der Waals surface area contributed by atoms with Crippen molar-refractivity contribution in [2.24, 2.45) is 0 Å². The van der Waals surface area contributed by atoms with Crippen LogP contribution in [0.1, 0.15) is 88.6 Å². The van der Waals surface area contributed by atoms with Crippen LogP contribution in [-0.2, 0) is 9.53 Å². The minimum atomic E-state index is -0.712. The number of carbonyl (C=O) groups is 1. The van der Waals surface area contributed by atoms with Gasteiger partial charge < -0.3 is 14.9 Å². The zero-order chi connectivity index (χ0) is 19.9. The monoisotopic (exact) mass is 377 g/mol. The third-order valence-electron chi connectivity index (χ3n) is 4.56. The molecule has 0 unspecified atom stereocenters. The maximum atomic E-state index is 11.1. The molecule has 0 aromatic carbocycles. The summed E-state index contributed by atoms with van der Waals surface area (Å²) in [5, 5.41) is 20.3. The summed E-state index contributed by atoms with van der Waals surface area (Å²) in [6.45, 7) is 2.21. The molecule has 2 atom stereocenters. The van der Waals surface area contributed by atoms with E-state index in [9.17, 15) is 15.0 Å². The molecule has 1 aromatic heterocycles. The Bertz CT molecular complexity index is 559. The first-order valence-electron chi connectivity index (χ1n) is 10.1. The molecule has 2 N–H and O–H groups in total. The second-order valence-electron chi connectivity index (χ2n) is 6.95. The third-order valence-corrected chi connectivity index (χ3v) is 4.56. The quantitative estimate of drug-likeness (QED) is 0.366. The summed E-state index contributed by atoms with van der Waals surface area (Å²) in [5.74, 6) is -0.272. The van der Waals surface area contributed by atoms with E-state index in [4.69, 9.17) is 0 Å². The number of aliphatic hydroxyl groups excluding tert-OH is 2. The Kier molecular flexibility index (Phi) is 12.4. The number of esters is 1. The Labute approximate surface area is 163 Å². The van der Waals surface area contributed by atoms with Crippen molar-refractivity contribution in [2.45, 2.75) is 83.3 Å². The Morgan fingerprint density at radius 1 is 1.11 bits per heavy atom. The zero-order valence-corrected chi connectivity index (χ0v) is 16.8. The molecule has 1 rings (SSSR count). The van der Waals surface area contributed by atoms with Gasteiger partial charge in [0.05, 0.1) is 30.7 Å². The first-order valence-corrected chi connectivity index (χ1v) is 10.1. The van der Waals surface area contributed by atoms with Gasteiger partial charge in [0.15, 0.2) is 0 Å². The fourth-order valence-electron chi connectivity index (χ4n) is 2.88. The highest BCUT2D eigenvalue weighted by Gasteiger charge is 2.11. The summed E-state index contributed by atoms with van der Waals surface area (Å²) in [5.41, 5.74) is 1.29. The number of rotatable bonds is 14. The second-order valence-corrected chi connectivity index (χ2v) is 6.95. The standard InChI is InChI=1S/C22H35NO4/c1-3-4-5-6-7-8-12-19(24)17-16-18-11-9-13-20(23-18)21(25)14-10-15-22(26)27-2/h9,11,13,16-17,19,21,24-25H,3-8,10,12,14-15H2,1-2H3/b17-16+/t19-,21-/m0/s1. The molecule has 0 saturated carbocycles. The summed E-state index contributed by atoms with van der Waals surface area (Å²) >= 11 is 0. The Balaban J connectivity index is 2.39. The SMILES string of the molecule is CCCCCCCC[C@H](O)/C=C/c1cccc([C@@H](O)CCCC(=O)OC)n1. The molecule has 0 bridgehead atoms. The van der Waals surface area contributed by atoms with E-state index < -0.39 is 12.2 Å². The van der Waals surface area contributed by atoms with Gasteiger partial charge in [0.2, 0.25) is 0 Å². The molecule has 0 aliphatic heterocycles. The molecule has 27 heavy (non-hydrogen) atoms. The molecule has 5 heteroatoms. The average Bonchev–Trinajstić information content (AvgIpc) is 2.69. The van der Waals surface area contributed by atoms with Crippen LogP contribution >= 0.6 is 0 Å². The smallest absolute Gasteiger partial charge is 0.305 e. The maximum Gasteiger partial charge on any atom is 0.305 e. The molecule has 0 radical (unpaired) electrons. The summed E-state index contributed by atoms with van der Waals surface area (Å²) in [4.78, 5) is 15.5. The lowest BCUT2D eigenvalue weighted by molar-refractivity contribution is -0.140. The zero-order valence-electron chi connectivity index (χ0n) is 16.8. The molecule has 0 aliphatic rings. The van der Waals surface area contributed by atoms with Gasteiger partial charge >= 0.3 is 5.97 Å². The van der Waals surface area contributed by atoms with E-state index in [2.05, 4.69) is 16.6 Å². The van der Waals surface area contributed by atoms with Gasteiger partial charge in [-0.05, 0) is 37.5 Å². The molecular formula is C22H35NO4. The predicted octanol–water partition coefficient (Wildman–Crippen LogP) is 4.58. The Morgan fingerprint density at radius 3 is 2.59 bits per heavy atom. The molecular weight excluding hydrogens is 342 g/mol. The van der Waals surface area contributed by atoms with Crippen LogP contribution in [0.2, 0.25) is 0 Å². The van der Waals surface area contributed by atoms with Gasteiger partial charge in [0.25, 0.3) is 0 Å². The van der Waals surface area contributed by atoms with E-state index in [1.54, 1.807) is 18.2 Å². The number of ether oxygens (including phenoxy) is 1. The fraction of sp³-hybridized carbons (Fsp3) is 0.636. The number of hydrogen-bond acceptors (Lipinski definition) is 5. The van der Waals surface area contributed by atoms with Gasteiger partial charge in [-0.1, -0.05) is 57.6 Å². The average molecular weight is 378 g/mol. The van der Waals surface area contributed by atoms with E-state index in [0.29, 0.717) is 24.2 Å². The number of unbranched alkanes of at least 4 members (excludes halogenated alkanes) is 5. The van der Waals surface area contributed by atoms with Crippen molar-refractivity contribution in [3.63, 3.8) is 0 Å². The fourth-order valence-corrected chi connectivity index (χ4v) is 2.88. The van der Waals surface area contributed by atoms with Crippen molar-refractivity contribution in [2.75, 3.05) is 7.11 Å². The van der Waals surface area contributed by atoms with E-state index >= 15 is 0 Å². The largest absolute Gasteiger partial charge is 0.469 e. The van der Waals surface area contributed by atoms with Gasteiger partial charge in [-0.3, -0.25) is 9.78 Å². The lowest BCUT2D eigenvalue weighted by Crippen LogP contribution is -2.05. The number of pyridine rings is 1. The van der Waals surface area contributed by atoms with Gasteiger partial charge in [-0.15, -0.1) is 0 Å². The van der Waals surface area contributed by atoms with Crippen LogP contribution in [0, 0.1) is 0 Å². The van der Waals surface area contributed by atoms with Crippen molar-refractivity contribution in [1.82, 2.24) is 4.98 Å². The predicted molar refractivity (Wildman–Crippen MR) is 108 cm³/mol. The molecule has 1 heterocycles. The Hall–Kier alpha value is -1.72. The van der Waals surface area contributed by atoms with Crippen LogP contribution < -0.4 is 0 Å². The highest BCUT2D eigenvalue weighted by molar-refractivity contribution is 5.68. The van der Waals surface area contributed by atoms with Crippen LogP contribution in [-0.4, -0.2) is 34.4 Å². The molecule has 152 valence electrons. The molecule has 0 spiro atoms. The van der Waals surface area contributed by atoms with E-state index in [1.165, 1.54) is 32.8 Å². The van der Waals surface area contributed by atoms with Crippen molar-refractivity contribution in [3.8, 4) is 0 Å². The number of methoxy groups -OCH3 is 1. The van der Waals surface area contributed by atoms with Gasteiger partial charge in [-0.25, -0.2) is 0 Å². The molecule has 0 amide bonds. The van der Waals surface area contributed by atoms with Gasteiger partial charge in [0, 0.05) is 6.42 Å². The first-order chi connectivity index (χ1) is 13.1. The van der Waals surface area contributed by atoms with E-state index in [-0.39, 0.29) is 12.4 Å². The molecule has 0 aliphatic carbocycles. The molecule has 0 saturated heterocycles. The van der Waals surface area contributed by atoms with Crippen molar-refractivity contribution < 1.29 is 19.7 Å². The van der Waals surface area contributed by atoms with Gasteiger partial charge in [-0.2, -0.15) is 0 Å². The van der Waals surface area contributed by atoms with Gasteiger partial charge in [0.1, 0.15) is 0 Å². The van der Waals surface area contributed by atoms with Crippen LogP contribution in [0.4, 0.5) is 0 Å². The topological polar surface area (TPSA) is 79.7 Å². The first kappa shape index (κ1) is 23.3. The van der Waals surface area contributed by atoms with Crippen molar-refractivity contribution in [1.29, 1.82) is 0 Å². The highest BCUT2D eigenvalue weighted by Crippen LogP contribution is 2.18. The van der Waals surface area contributed by atoms with Crippen molar-refractivity contribution >= 4 is 12.0 Å². The normalized spacial score (nSPS) is 13.6. The third kappa shape index (κ3) is 10.9. The van der Waals surface area contributed by atoms with E-state index in [1.807, 2.05) is 12.1 Å². The Morgan fingerprint density at radius 2 is 1.85 bits per heavy atom. The summed E-state index contributed by atoms with van der Waals surface area (Å²) in [7, 11) is 1.36. The molecule has 0 fully saturated rings. The van der Waals surface area contributed by atoms with Crippen molar-refractivity contribution in [3.05, 3.63) is 35.7 Å². The minimum Gasteiger partial charge on any atom is -0.469 e. The number of nitrogens with zero attached hydrogens (tertiary/aromatic N) is 1. The highest BCUT2D eigenvalue weighted by atomic mass is 16.5. The number of hydrogen-bond donors (Lipinski definition) is 2. The van der Waals surface area contributed by atoms with Crippen LogP contribution in [0.3, 0.4) is 0 Å². The summed E-state index contributed by atoms with van der Waals surface area (Å²) < 4.78 is 4.59. The molecule has 1 aromatic rings. The summed E-state index contributed by atoms with van der Waals surface area (Å²) in [6, 6.07) is 5.46. The summed E-state index contributed by atoms with van der Waals surface area (Å²) in [6.07, 6.45) is 11.7. The molecule has 5 nitrogen and oxygen atoms in total. The van der Waals surface area contributed by atoms with Crippen LogP contribution in [0.25, 0.3) is 6.08 Å². The lowest BCUT2D eigenvalue weighted by atomic mass is 10.1. The van der Waals surface area contributed by atoms with Crippen LogP contribution in [0.15, 0.2) is 24.3 Å². The number of aromatic nitrogens is 1. The number of carbonyl (C=O) groups excluding carboxylic acids is 1. The van der Waals surface area contributed by atoms with Crippen LogP contribution in [0.5, 0.6) is 0 Å². The minimum absolute atomic E-state index is 0.272.